The summed E-state index contributed by atoms with van der Waals surface area (Å²) in [6, 6.07) is 24.4. The number of rotatable bonds is 4. The monoisotopic (exact) mass is 426 g/mol. The van der Waals surface area contributed by atoms with Crippen molar-refractivity contribution in [3.05, 3.63) is 95.1 Å². The van der Waals surface area contributed by atoms with Crippen LogP contribution in [0.4, 0.5) is 0 Å². The molecule has 3 heteroatoms. The van der Waals surface area contributed by atoms with Gasteiger partial charge in [-0.1, -0.05) is 66.4 Å². The molecule has 1 aliphatic carbocycles. The number of benzene rings is 3. The molecule has 0 N–H and O–H groups in total. The maximum atomic E-state index is 13.2. The first-order chi connectivity index (χ1) is 15.2. The minimum absolute atomic E-state index is 0.108. The van der Waals surface area contributed by atoms with Gasteiger partial charge in [0.15, 0.2) is 11.6 Å². The fourth-order valence-corrected chi connectivity index (χ4v) is 6.03. The van der Waals surface area contributed by atoms with Crippen molar-refractivity contribution in [1.82, 2.24) is 0 Å². The number of carbonyl (C=O) groups excluding carboxylic acids is 2. The van der Waals surface area contributed by atoms with Gasteiger partial charge in [-0.3, -0.25) is 9.59 Å². The van der Waals surface area contributed by atoms with Gasteiger partial charge in [0.25, 0.3) is 0 Å². The molecular formula is C28H26O2S. The highest BCUT2D eigenvalue weighted by Crippen LogP contribution is 2.38. The number of Topliss-reactive ketones (excluding diaryl/α,β-unsaturated/α-hetero) is 2. The van der Waals surface area contributed by atoms with Gasteiger partial charge in [-0.15, -0.1) is 0 Å². The molecule has 31 heavy (non-hydrogen) atoms. The summed E-state index contributed by atoms with van der Waals surface area (Å²) in [7, 11) is 0. The topological polar surface area (TPSA) is 34.1 Å². The molecule has 1 saturated carbocycles. The molecule has 1 heterocycles. The van der Waals surface area contributed by atoms with Crippen molar-refractivity contribution in [2.45, 2.75) is 48.3 Å². The minimum atomic E-state index is 0.108. The molecule has 0 unspecified atom stereocenters. The van der Waals surface area contributed by atoms with Crippen LogP contribution in [0, 0.1) is 11.8 Å². The second-order valence-electron chi connectivity index (χ2n) is 8.79. The molecule has 0 spiro atoms. The number of carbonyl (C=O) groups is 2. The fourth-order valence-electron chi connectivity index (χ4n) is 4.95. The van der Waals surface area contributed by atoms with Gasteiger partial charge in [-0.2, -0.15) is 0 Å². The highest BCUT2D eigenvalue weighted by molar-refractivity contribution is 7.99. The van der Waals surface area contributed by atoms with E-state index in [0.717, 1.165) is 58.6 Å². The lowest BCUT2D eigenvalue weighted by Gasteiger charge is -2.28. The Balaban J connectivity index is 1.27. The van der Waals surface area contributed by atoms with Crippen LogP contribution >= 0.6 is 11.8 Å². The molecule has 156 valence electrons. The van der Waals surface area contributed by atoms with E-state index in [0.29, 0.717) is 12.3 Å². The molecule has 2 aliphatic rings. The first kappa shape index (κ1) is 20.3. The fraction of sp³-hybridized carbons (Fsp3) is 0.286. The van der Waals surface area contributed by atoms with Crippen molar-refractivity contribution in [3.8, 4) is 0 Å². The second kappa shape index (κ2) is 8.84. The van der Waals surface area contributed by atoms with Gasteiger partial charge in [-0.05, 0) is 67.3 Å². The minimum Gasteiger partial charge on any atom is -0.294 e. The summed E-state index contributed by atoms with van der Waals surface area (Å²) >= 11 is 1.63. The summed E-state index contributed by atoms with van der Waals surface area (Å²) in [6.45, 7) is 0. The molecule has 1 aliphatic heterocycles. The third kappa shape index (κ3) is 4.38. The summed E-state index contributed by atoms with van der Waals surface area (Å²) in [5, 5.41) is 0. The first-order valence-electron chi connectivity index (χ1n) is 11.2. The molecule has 2 nitrogen and oxygen atoms in total. The largest absolute Gasteiger partial charge is 0.294 e. The Morgan fingerprint density at radius 1 is 0.839 bits per heavy atom. The van der Waals surface area contributed by atoms with Crippen molar-refractivity contribution in [1.29, 1.82) is 0 Å². The van der Waals surface area contributed by atoms with E-state index >= 15 is 0 Å². The summed E-state index contributed by atoms with van der Waals surface area (Å²) in [5.74, 6) is 1.16. The number of hydrogen-bond acceptors (Lipinski definition) is 3. The van der Waals surface area contributed by atoms with Crippen molar-refractivity contribution < 1.29 is 9.59 Å². The van der Waals surface area contributed by atoms with E-state index in [4.69, 9.17) is 0 Å². The highest BCUT2D eigenvalue weighted by Gasteiger charge is 2.28. The molecule has 0 bridgehead atoms. The molecule has 3 aromatic rings. The van der Waals surface area contributed by atoms with Gasteiger partial charge in [-0.25, -0.2) is 0 Å². The first-order valence-corrected chi connectivity index (χ1v) is 12.0. The number of hydrogen-bond donors (Lipinski definition) is 0. The lowest BCUT2D eigenvalue weighted by molar-refractivity contribution is 0.0871. The summed E-state index contributed by atoms with van der Waals surface area (Å²) in [4.78, 5) is 28.1. The van der Waals surface area contributed by atoms with Gasteiger partial charge in [0, 0.05) is 33.3 Å². The zero-order valence-electron chi connectivity index (χ0n) is 17.6. The summed E-state index contributed by atoms with van der Waals surface area (Å²) in [5.41, 5.74) is 3.93. The molecule has 0 saturated heterocycles. The Labute approximate surface area is 188 Å². The lowest BCUT2D eigenvalue weighted by atomic mass is 9.76. The van der Waals surface area contributed by atoms with E-state index in [1.807, 2.05) is 42.5 Å². The third-order valence-corrected chi connectivity index (χ3v) is 7.88. The number of fused-ring (bicyclic) bond motifs is 2. The van der Waals surface area contributed by atoms with Crippen molar-refractivity contribution >= 4 is 23.3 Å². The van der Waals surface area contributed by atoms with Crippen LogP contribution in [0.2, 0.25) is 0 Å². The predicted octanol–water partition coefficient (Wildman–Crippen LogP) is 6.81. The second-order valence-corrected chi connectivity index (χ2v) is 9.88. The summed E-state index contributed by atoms with van der Waals surface area (Å²) < 4.78 is 0. The van der Waals surface area contributed by atoms with Gasteiger partial charge >= 0.3 is 0 Å². The molecule has 3 aromatic carbocycles. The summed E-state index contributed by atoms with van der Waals surface area (Å²) in [6.07, 6.45) is 5.63. The van der Waals surface area contributed by atoms with E-state index in [1.165, 1.54) is 5.56 Å². The quantitative estimate of drug-likeness (QED) is 0.430. The van der Waals surface area contributed by atoms with Crippen LogP contribution in [-0.2, 0) is 12.8 Å². The van der Waals surface area contributed by atoms with Crippen molar-refractivity contribution in [2.24, 2.45) is 11.8 Å². The third-order valence-electron chi connectivity index (χ3n) is 6.69. The maximum absolute atomic E-state index is 13.2. The Morgan fingerprint density at radius 2 is 1.58 bits per heavy atom. The Hall–Kier alpha value is -2.65. The zero-order valence-corrected chi connectivity index (χ0v) is 18.4. The zero-order chi connectivity index (χ0) is 21.2. The Morgan fingerprint density at radius 3 is 2.39 bits per heavy atom. The average Bonchev–Trinajstić information content (AvgIpc) is 2.95. The van der Waals surface area contributed by atoms with Crippen LogP contribution in [0.25, 0.3) is 0 Å². The van der Waals surface area contributed by atoms with Crippen LogP contribution in [0.1, 0.15) is 57.5 Å². The lowest BCUT2D eigenvalue weighted by Crippen LogP contribution is -2.23. The van der Waals surface area contributed by atoms with Gasteiger partial charge in [0.1, 0.15) is 0 Å². The molecule has 0 amide bonds. The van der Waals surface area contributed by atoms with Gasteiger partial charge < -0.3 is 0 Å². The molecule has 1 fully saturated rings. The molecule has 0 atom stereocenters. The van der Waals surface area contributed by atoms with E-state index in [1.54, 1.807) is 11.8 Å². The molecular weight excluding hydrogens is 400 g/mol. The van der Waals surface area contributed by atoms with Crippen molar-refractivity contribution in [3.63, 3.8) is 0 Å². The van der Waals surface area contributed by atoms with Crippen molar-refractivity contribution in [2.75, 3.05) is 0 Å². The number of ketones is 2. The average molecular weight is 427 g/mol. The van der Waals surface area contributed by atoms with Crippen LogP contribution < -0.4 is 0 Å². The maximum Gasteiger partial charge on any atom is 0.168 e. The van der Waals surface area contributed by atoms with Crippen LogP contribution in [0.3, 0.4) is 0 Å². The molecule has 0 aromatic heterocycles. The van der Waals surface area contributed by atoms with E-state index in [9.17, 15) is 9.59 Å². The van der Waals surface area contributed by atoms with Crippen LogP contribution in [0.5, 0.6) is 0 Å². The normalized spacial score (nSPS) is 20.5. The van der Waals surface area contributed by atoms with Gasteiger partial charge in [0.05, 0.1) is 0 Å². The van der Waals surface area contributed by atoms with Crippen LogP contribution in [0.15, 0.2) is 82.6 Å². The molecule has 0 radical (unpaired) electrons. The SMILES string of the molecule is O=C1Cc2cc(C(=O)C3CCC(Cc4ccccc4)CC3)ccc2Sc2ccccc21. The molecule has 5 rings (SSSR count). The smallest absolute Gasteiger partial charge is 0.168 e. The van der Waals surface area contributed by atoms with Gasteiger partial charge in [0.2, 0.25) is 0 Å². The van der Waals surface area contributed by atoms with E-state index in [2.05, 4.69) is 30.3 Å². The Kier molecular flexibility index (Phi) is 5.78. The van der Waals surface area contributed by atoms with E-state index in [-0.39, 0.29) is 17.5 Å². The highest BCUT2D eigenvalue weighted by atomic mass is 32.2. The Bertz CT molecular complexity index is 1110. The predicted molar refractivity (Wildman–Crippen MR) is 125 cm³/mol. The van der Waals surface area contributed by atoms with E-state index < -0.39 is 0 Å². The standard InChI is InChI=1S/C28H26O2S/c29-25-18-23-17-22(14-15-26(23)31-27-9-5-4-8-24(25)27)28(30)21-12-10-20(11-13-21)16-19-6-2-1-3-7-19/h1-9,14-15,17,20-21H,10-13,16,18H2. The van der Waals surface area contributed by atoms with Crippen LogP contribution in [-0.4, -0.2) is 11.6 Å².